The lowest BCUT2D eigenvalue weighted by Gasteiger charge is -2.25. The Morgan fingerprint density at radius 1 is 1.31 bits per heavy atom. The first-order chi connectivity index (χ1) is 7.63. The van der Waals surface area contributed by atoms with Crippen molar-refractivity contribution in [1.29, 1.82) is 0 Å². The number of hydrogen-bond acceptors (Lipinski definition) is 1. The highest BCUT2D eigenvalue weighted by Crippen LogP contribution is 2.32. The zero-order chi connectivity index (χ0) is 12.1. The van der Waals surface area contributed by atoms with E-state index in [2.05, 4.69) is 13.8 Å². The second-order valence-corrected chi connectivity index (χ2v) is 4.27. The fraction of sp³-hybridized carbons (Fsp3) is 0.538. The van der Waals surface area contributed by atoms with E-state index in [0.717, 1.165) is 18.4 Å². The van der Waals surface area contributed by atoms with Crippen LogP contribution in [0.4, 0.5) is 4.39 Å². The summed E-state index contributed by atoms with van der Waals surface area (Å²) in [5.41, 5.74) is 0.972. The van der Waals surface area contributed by atoms with Crippen molar-refractivity contribution in [3.8, 4) is 0 Å². The fourth-order valence-corrected chi connectivity index (χ4v) is 2.41. The van der Waals surface area contributed by atoms with E-state index in [1.165, 1.54) is 12.1 Å². The van der Waals surface area contributed by atoms with Gasteiger partial charge in [0.05, 0.1) is 6.10 Å². The largest absolute Gasteiger partial charge is 0.381 e. The number of halogens is 2. The van der Waals surface area contributed by atoms with Crippen LogP contribution in [0.1, 0.15) is 38.2 Å². The van der Waals surface area contributed by atoms with Gasteiger partial charge in [0.25, 0.3) is 0 Å². The first-order valence-electron chi connectivity index (χ1n) is 5.61. The SMILES string of the molecule is CCC(OC)C(CC)c1ccc(F)cc1Cl. The molecule has 2 unspecified atom stereocenters. The second kappa shape index (κ2) is 6.21. The summed E-state index contributed by atoms with van der Waals surface area (Å²) in [5, 5.41) is 0.488. The van der Waals surface area contributed by atoms with Crippen molar-refractivity contribution in [3.05, 3.63) is 34.6 Å². The molecule has 0 amide bonds. The Hall–Kier alpha value is -0.600. The van der Waals surface area contributed by atoms with Gasteiger partial charge in [0.15, 0.2) is 0 Å². The minimum absolute atomic E-state index is 0.132. The normalized spacial score (nSPS) is 14.8. The third-order valence-electron chi connectivity index (χ3n) is 2.96. The summed E-state index contributed by atoms with van der Waals surface area (Å²) in [7, 11) is 1.70. The lowest BCUT2D eigenvalue weighted by Crippen LogP contribution is -2.20. The van der Waals surface area contributed by atoms with Crippen molar-refractivity contribution in [2.24, 2.45) is 0 Å². The summed E-state index contributed by atoms with van der Waals surface area (Å²) in [5.74, 6) is -0.0721. The summed E-state index contributed by atoms with van der Waals surface area (Å²) in [6, 6.07) is 4.57. The molecule has 1 nitrogen and oxygen atoms in total. The van der Waals surface area contributed by atoms with Crippen molar-refractivity contribution in [2.75, 3.05) is 7.11 Å². The zero-order valence-electron chi connectivity index (χ0n) is 9.97. The predicted molar refractivity (Wildman–Crippen MR) is 65.5 cm³/mol. The molecule has 0 bridgehead atoms. The molecule has 0 saturated carbocycles. The number of benzene rings is 1. The maximum absolute atomic E-state index is 13.0. The Kier molecular flexibility index (Phi) is 5.23. The standard InChI is InChI=1S/C13H18ClFO/c1-4-10(13(5-2)16-3)11-7-6-9(15)8-12(11)14/h6-8,10,13H,4-5H2,1-3H3. The monoisotopic (exact) mass is 244 g/mol. The average molecular weight is 245 g/mol. The smallest absolute Gasteiger partial charge is 0.124 e. The van der Waals surface area contributed by atoms with Crippen LogP contribution in [0.3, 0.4) is 0 Å². The van der Waals surface area contributed by atoms with Gasteiger partial charge in [-0.05, 0) is 30.5 Å². The summed E-state index contributed by atoms with van der Waals surface area (Å²) in [6.45, 7) is 4.17. The van der Waals surface area contributed by atoms with Crippen LogP contribution in [0.2, 0.25) is 5.02 Å². The van der Waals surface area contributed by atoms with Gasteiger partial charge in [-0.15, -0.1) is 0 Å². The molecule has 0 aliphatic carbocycles. The third kappa shape index (κ3) is 2.96. The van der Waals surface area contributed by atoms with Crippen molar-refractivity contribution in [1.82, 2.24) is 0 Å². The number of methoxy groups -OCH3 is 1. The number of hydrogen-bond donors (Lipinski definition) is 0. The van der Waals surface area contributed by atoms with Crippen LogP contribution in [0.5, 0.6) is 0 Å². The Labute approximate surface area is 102 Å². The summed E-state index contributed by atoms with van der Waals surface area (Å²) < 4.78 is 18.4. The van der Waals surface area contributed by atoms with Crippen molar-refractivity contribution >= 4 is 11.6 Å². The minimum Gasteiger partial charge on any atom is -0.381 e. The molecule has 0 aliphatic rings. The molecule has 1 aromatic carbocycles. The summed E-state index contributed by atoms with van der Waals surface area (Å²) >= 11 is 6.07. The van der Waals surface area contributed by atoms with Crippen LogP contribution in [0.25, 0.3) is 0 Å². The third-order valence-corrected chi connectivity index (χ3v) is 3.28. The molecule has 0 fully saturated rings. The molecule has 0 radical (unpaired) electrons. The molecule has 0 heterocycles. The molecule has 0 spiro atoms. The van der Waals surface area contributed by atoms with Crippen molar-refractivity contribution in [3.63, 3.8) is 0 Å². The molecular weight excluding hydrogens is 227 g/mol. The molecule has 2 atom stereocenters. The Balaban J connectivity index is 3.03. The van der Waals surface area contributed by atoms with Crippen LogP contribution >= 0.6 is 11.6 Å². The molecule has 0 aromatic heterocycles. The first kappa shape index (κ1) is 13.5. The van der Waals surface area contributed by atoms with Crippen LogP contribution in [0.15, 0.2) is 18.2 Å². The van der Waals surface area contributed by atoms with Gasteiger partial charge in [0.1, 0.15) is 5.82 Å². The van der Waals surface area contributed by atoms with Crippen molar-refractivity contribution < 1.29 is 9.13 Å². The molecule has 90 valence electrons. The summed E-state index contributed by atoms with van der Waals surface area (Å²) in [4.78, 5) is 0. The zero-order valence-corrected chi connectivity index (χ0v) is 10.7. The molecule has 16 heavy (non-hydrogen) atoms. The van der Waals surface area contributed by atoms with Gasteiger partial charge in [-0.3, -0.25) is 0 Å². The van der Waals surface area contributed by atoms with E-state index in [1.807, 2.05) is 0 Å². The van der Waals surface area contributed by atoms with Gasteiger partial charge in [-0.2, -0.15) is 0 Å². The van der Waals surface area contributed by atoms with Crippen LogP contribution in [-0.4, -0.2) is 13.2 Å². The Bertz CT molecular complexity index is 337. The topological polar surface area (TPSA) is 9.23 Å². The average Bonchev–Trinajstić information content (AvgIpc) is 2.27. The van der Waals surface area contributed by atoms with Gasteiger partial charge in [0.2, 0.25) is 0 Å². The Morgan fingerprint density at radius 2 is 2.00 bits per heavy atom. The van der Waals surface area contributed by atoms with Gasteiger partial charge in [-0.1, -0.05) is 31.5 Å². The molecule has 0 aliphatic heterocycles. The number of ether oxygens (including phenoxy) is 1. The lowest BCUT2D eigenvalue weighted by molar-refractivity contribution is 0.0743. The van der Waals surface area contributed by atoms with E-state index in [-0.39, 0.29) is 17.8 Å². The van der Waals surface area contributed by atoms with Crippen LogP contribution in [0, 0.1) is 5.82 Å². The minimum atomic E-state index is -0.297. The van der Waals surface area contributed by atoms with E-state index in [4.69, 9.17) is 16.3 Å². The fourth-order valence-electron chi connectivity index (χ4n) is 2.10. The summed E-state index contributed by atoms with van der Waals surface area (Å²) in [6.07, 6.45) is 1.98. The maximum Gasteiger partial charge on any atom is 0.124 e. The highest BCUT2D eigenvalue weighted by atomic mass is 35.5. The van der Waals surface area contributed by atoms with Crippen LogP contribution < -0.4 is 0 Å². The molecule has 0 N–H and O–H groups in total. The highest BCUT2D eigenvalue weighted by Gasteiger charge is 2.22. The predicted octanol–water partition coefficient (Wildman–Crippen LogP) is 4.40. The lowest BCUT2D eigenvalue weighted by atomic mass is 9.89. The maximum atomic E-state index is 13.0. The molecular formula is C13H18ClFO. The Morgan fingerprint density at radius 3 is 2.44 bits per heavy atom. The van der Waals surface area contributed by atoms with Gasteiger partial charge in [0, 0.05) is 18.1 Å². The first-order valence-corrected chi connectivity index (χ1v) is 5.99. The van der Waals surface area contributed by atoms with Crippen LogP contribution in [-0.2, 0) is 4.74 Å². The van der Waals surface area contributed by atoms with E-state index < -0.39 is 0 Å². The van der Waals surface area contributed by atoms with Crippen molar-refractivity contribution in [2.45, 2.75) is 38.7 Å². The number of rotatable bonds is 5. The highest BCUT2D eigenvalue weighted by molar-refractivity contribution is 6.31. The van der Waals surface area contributed by atoms with Gasteiger partial charge in [-0.25, -0.2) is 4.39 Å². The quantitative estimate of drug-likeness (QED) is 0.746. The van der Waals surface area contributed by atoms with E-state index >= 15 is 0 Å². The molecule has 1 aromatic rings. The molecule has 0 saturated heterocycles. The van der Waals surface area contributed by atoms with E-state index in [0.29, 0.717) is 5.02 Å². The van der Waals surface area contributed by atoms with Gasteiger partial charge >= 0.3 is 0 Å². The molecule has 3 heteroatoms. The van der Waals surface area contributed by atoms with E-state index in [1.54, 1.807) is 13.2 Å². The second-order valence-electron chi connectivity index (χ2n) is 3.86. The van der Waals surface area contributed by atoms with E-state index in [9.17, 15) is 4.39 Å². The van der Waals surface area contributed by atoms with Gasteiger partial charge < -0.3 is 4.74 Å². The molecule has 1 rings (SSSR count).